The number of ether oxygens (including phenoxy) is 1. The van der Waals surface area contributed by atoms with Gasteiger partial charge in [0.2, 0.25) is 0 Å². The zero-order valence-corrected chi connectivity index (χ0v) is 15.3. The lowest BCUT2D eigenvalue weighted by Gasteiger charge is -2.10. The van der Waals surface area contributed by atoms with E-state index < -0.39 is 11.9 Å². The fourth-order valence-corrected chi connectivity index (χ4v) is 3.17. The van der Waals surface area contributed by atoms with Gasteiger partial charge in [-0.15, -0.1) is 11.3 Å². The molecule has 0 aliphatic rings. The van der Waals surface area contributed by atoms with E-state index in [-0.39, 0.29) is 25.2 Å². The highest BCUT2D eigenvalue weighted by molar-refractivity contribution is 7.18. The molecular weight excluding hydrogens is 362 g/mol. The number of carbonyl (C=O) groups excluding carboxylic acids is 3. The third-order valence-corrected chi connectivity index (χ3v) is 4.71. The lowest BCUT2D eigenvalue weighted by Crippen LogP contribution is -2.21. The SMILES string of the molecule is CCc1ccccc1NC(=O)COC(=O)CCC(=O)c1ccc(Cl)s1. The third-order valence-electron chi connectivity index (χ3n) is 3.44. The fourth-order valence-electron chi connectivity index (χ4n) is 2.16. The number of carbonyl (C=O) groups is 3. The molecule has 132 valence electrons. The Morgan fingerprint density at radius 1 is 1.12 bits per heavy atom. The van der Waals surface area contributed by atoms with Crippen molar-refractivity contribution in [3.8, 4) is 0 Å². The topological polar surface area (TPSA) is 72.5 Å². The van der Waals surface area contributed by atoms with Gasteiger partial charge in [0.05, 0.1) is 15.6 Å². The van der Waals surface area contributed by atoms with E-state index in [9.17, 15) is 14.4 Å². The van der Waals surface area contributed by atoms with Gasteiger partial charge in [0.15, 0.2) is 12.4 Å². The van der Waals surface area contributed by atoms with E-state index in [1.807, 2.05) is 25.1 Å². The number of halogens is 1. The van der Waals surface area contributed by atoms with Crippen molar-refractivity contribution in [3.63, 3.8) is 0 Å². The van der Waals surface area contributed by atoms with Crippen LogP contribution in [0.5, 0.6) is 0 Å². The molecule has 0 saturated carbocycles. The maximum atomic E-state index is 11.9. The van der Waals surface area contributed by atoms with Gasteiger partial charge in [-0.3, -0.25) is 14.4 Å². The van der Waals surface area contributed by atoms with Crippen LogP contribution in [0.4, 0.5) is 5.69 Å². The molecular formula is C18H18ClNO4S. The molecule has 1 heterocycles. The second-order valence-corrected chi connectivity index (χ2v) is 6.96. The predicted octanol–water partition coefficient (Wildman–Crippen LogP) is 4.11. The van der Waals surface area contributed by atoms with Gasteiger partial charge in [-0.05, 0) is 30.2 Å². The largest absolute Gasteiger partial charge is 0.456 e. The number of anilines is 1. The van der Waals surface area contributed by atoms with Crippen molar-refractivity contribution in [2.75, 3.05) is 11.9 Å². The summed E-state index contributed by atoms with van der Waals surface area (Å²) in [5.41, 5.74) is 1.71. The highest BCUT2D eigenvalue weighted by Gasteiger charge is 2.14. The maximum absolute atomic E-state index is 11.9. The van der Waals surface area contributed by atoms with E-state index >= 15 is 0 Å². The van der Waals surface area contributed by atoms with Crippen LogP contribution < -0.4 is 5.32 Å². The first-order valence-corrected chi connectivity index (χ1v) is 9.01. The first-order valence-electron chi connectivity index (χ1n) is 7.81. The van der Waals surface area contributed by atoms with Gasteiger partial charge in [-0.25, -0.2) is 0 Å². The first kappa shape index (κ1) is 19.1. The summed E-state index contributed by atoms with van der Waals surface area (Å²) in [7, 11) is 0. The summed E-state index contributed by atoms with van der Waals surface area (Å²) in [6, 6.07) is 10.7. The van der Waals surface area contributed by atoms with E-state index in [0.29, 0.717) is 14.9 Å². The average Bonchev–Trinajstić information content (AvgIpc) is 3.05. The fraction of sp³-hybridized carbons (Fsp3) is 0.278. The van der Waals surface area contributed by atoms with E-state index in [4.69, 9.17) is 16.3 Å². The molecule has 7 heteroatoms. The van der Waals surface area contributed by atoms with E-state index in [0.717, 1.165) is 12.0 Å². The summed E-state index contributed by atoms with van der Waals surface area (Å²) in [6.07, 6.45) is 0.730. The highest BCUT2D eigenvalue weighted by Crippen LogP contribution is 2.23. The molecule has 0 fully saturated rings. The van der Waals surface area contributed by atoms with Gasteiger partial charge in [0, 0.05) is 12.1 Å². The van der Waals surface area contributed by atoms with Crippen molar-refractivity contribution in [2.45, 2.75) is 26.2 Å². The summed E-state index contributed by atoms with van der Waals surface area (Å²) in [5, 5.41) is 2.71. The standard InChI is InChI=1S/C18H18ClNO4S/c1-2-12-5-3-4-6-13(12)20-17(22)11-24-18(23)10-7-14(21)15-8-9-16(19)25-15/h3-6,8-9H,2,7,10-11H2,1H3,(H,20,22). The number of hydrogen-bond donors (Lipinski definition) is 1. The summed E-state index contributed by atoms with van der Waals surface area (Å²) >= 11 is 6.94. The van der Waals surface area contributed by atoms with E-state index in [2.05, 4.69) is 5.32 Å². The molecule has 0 aliphatic carbocycles. The minimum absolute atomic E-state index is 0.0238. The van der Waals surface area contributed by atoms with Crippen molar-refractivity contribution in [2.24, 2.45) is 0 Å². The quantitative estimate of drug-likeness (QED) is 0.553. The molecule has 5 nitrogen and oxygen atoms in total. The van der Waals surface area contributed by atoms with Crippen molar-refractivity contribution in [1.29, 1.82) is 0 Å². The number of thiophene rings is 1. The monoisotopic (exact) mass is 379 g/mol. The molecule has 2 aromatic rings. The number of nitrogens with one attached hydrogen (secondary N) is 1. The van der Waals surface area contributed by atoms with Crippen LogP contribution in [0, 0.1) is 0 Å². The molecule has 1 N–H and O–H groups in total. The average molecular weight is 380 g/mol. The summed E-state index contributed by atoms with van der Waals surface area (Å²) < 4.78 is 5.44. The Bertz CT molecular complexity index is 772. The highest BCUT2D eigenvalue weighted by atomic mass is 35.5. The normalized spacial score (nSPS) is 10.3. The molecule has 0 bridgehead atoms. The number of esters is 1. The summed E-state index contributed by atoms with van der Waals surface area (Å²) in [5.74, 6) is -1.17. The Kier molecular flexibility index (Phi) is 7.16. The first-order chi connectivity index (χ1) is 12.0. The second kappa shape index (κ2) is 9.34. The Morgan fingerprint density at radius 2 is 1.88 bits per heavy atom. The lowest BCUT2D eigenvalue weighted by molar-refractivity contribution is -0.147. The molecule has 25 heavy (non-hydrogen) atoms. The Labute approximate surface area is 154 Å². The number of para-hydroxylation sites is 1. The third kappa shape index (κ3) is 5.99. The number of aryl methyl sites for hydroxylation is 1. The van der Waals surface area contributed by atoms with Crippen LogP contribution in [0.1, 0.15) is 35.0 Å². The minimum Gasteiger partial charge on any atom is -0.456 e. The molecule has 0 atom stereocenters. The van der Waals surface area contributed by atoms with E-state index in [1.165, 1.54) is 11.3 Å². The molecule has 2 rings (SSSR count). The number of benzene rings is 1. The smallest absolute Gasteiger partial charge is 0.306 e. The molecule has 1 aromatic heterocycles. The van der Waals surface area contributed by atoms with Gasteiger partial charge in [0.25, 0.3) is 5.91 Å². The van der Waals surface area contributed by atoms with E-state index in [1.54, 1.807) is 18.2 Å². The number of amides is 1. The Balaban J connectivity index is 1.74. The Hall–Kier alpha value is -2.18. The van der Waals surface area contributed by atoms with Gasteiger partial charge in [-0.2, -0.15) is 0 Å². The van der Waals surface area contributed by atoms with Crippen LogP contribution in [0.3, 0.4) is 0 Å². The van der Waals surface area contributed by atoms with Gasteiger partial charge < -0.3 is 10.1 Å². The molecule has 0 radical (unpaired) electrons. The Morgan fingerprint density at radius 3 is 2.56 bits per heavy atom. The van der Waals surface area contributed by atoms with Crippen molar-refractivity contribution >= 4 is 46.3 Å². The second-order valence-electron chi connectivity index (χ2n) is 5.25. The lowest BCUT2D eigenvalue weighted by atomic mass is 10.1. The van der Waals surface area contributed by atoms with Crippen LogP contribution in [0.25, 0.3) is 0 Å². The number of hydrogen-bond acceptors (Lipinski definition) is 5. The molecule has 0 saturated heterocycles. The van der Waals surface area contributed by atoms with Crippen LogP contribution in [-0.4, -0.2) is 24.3 Å². The summed E-state index contributed by atoms with van der Waals surface area (Å²) in [6.45, 7) is 1.61. The molecule has 0 spiro atoms. The van der Waals surface area contributed by atoms with Gasteiger partial charge in [0.1, 0.15) is 0 Å². The molecule has 0 aliphatic heterocycles. The number of ketones is 1. The van der Waals surface area contributed by atoms with Gasteiger partial charge >= 0.3 is 5.97 Å². The number of rotatable bonds is 8. The molecule has 0 unspecified atom stereocenters. The molecule has 1 aromatic carbocycles. The van der Waals surface area contributed by atoms with Crippen LogP contribution in [0.2, 0.25) is 4.34 Å². The predicted molar refractivity (Wildman–Crippen MR) is 98.3 cm³/mol. The molecule has 1 amide bonds. The van der Waals surface area contributed by atoms with Crippen LogP contribution in [0.15, 0.2) is 36.4 Å². The van der Waals surface area contributed by atoms with Crippen molar-refractivity contribution in [3.05, 3.63) is 51.2 Å². The summed E-state index contributed by atoms with van der Waals surface area (Å²) in [4.78, 5) is 35.9. The maximum Gasteiger partial charge on any atom is 0.306 e. The van der Waals surface area contributed by atoms with Crippen LogP contribution in [-0.2, 0) is 20.7 Å². The zero-order valence-electron chi connectivity index (χ0n) is 13.7. The minimum atomic E-state index is -0.588. The zero-order chi connectivity index (χ0) is 18.2. The van der Waals surface area contributed by atoms with Gasteiger partial charge in [-0.1, -0.05) is 36.7 Å². The van der Waals surface area contributed by atoms with Crippen molar-refractivity contribution in [1.82, 2.24) is 0 Å². The van der Waals surface area contributed by atoms with Crippen molar-refractivity contribution < 1.29 is 19.1 Å². The van der Waals surface area contributed by atoms with Crippen LogP contribution >= 0.6 is 22.9 Å². The number of Topliss-reactive ketones (excluding diaryl/α,β-unsaturated/α-hetero) is 1.